The molecule has 1 aliphatic rings. The number of carbonyl (C=O) groups excluding carboxylic acids is 1. The summed E-state index contributed by atoms with van der Waals surface area (Å²) >= 11 is 0. The number of pyridine rings is 1. The topological polar surface area (TPSA) is 45.8 Å². The van der Waals surface area contributed by atoms with Crippen molar-refractivity contribution in [2.75, 3.05) is 0 Å². The molecule has 1 N–H and O–H groups in total. The minimum absolute atomic E-state index is 0.419. The van der Waals surface area contributed by atoms with Crippen molar-refractivity contribution in [1.82, 2.24) is 9.97 Å². The van der Waals surface area contributed by atoms with Gasteiger partial charge in [0.15, 0.2) is 0 Å². The van der Waals surface area contributed by atoms with Crippen LogP contribution in [0.1, 0.15) is 73.9 Å². The summed E-state index contributed by atoms with van der Waals surface area (Å²) in [4.78, 5) is 19.8. The van der Waals surface area contributed by atoms with E-state index >= 15 is 0 Å². The second-order valence-electron chi connectivity index (χ2n) is 8.32. The molecule has 1 aromatic carbocycles. The first-order valence-electron chi connectivity index (χ1n) is 10.0. The molecule has 0 spiro atoms. The number of aromatic nitrogens is 2. The molecule has 3 nitrogen and oxygen atoms in total. The summed E-state index contributed by atoms with van der Waals surface area (Å²) in [7, 11) is 0. The van der Waals surface area contributed by atoms with Crippen LogP contribution in [0.4, 0.5) is 0 Å². The molecule has 0 amide bonds. The Hall–Kier alpha value is -2.42. The van der Waals surface area contributed by atoms with E-state index in [2.05, 4.69) is 68.0 Å². The summed E-state index contributed by atoms with van der Waals surface area (Å²) in [5.41, 5.74) is 8.47. The highest BCUT2D eigenvalue weighted by Gasteiger charge is 2.22. The third-order valence-electron chi connectivity index (χ3n) is 5.82. The third kappa shape index (κ3) is 3.43. The monoisotopic (exact) mass is 360 g/mol. The highest BCUT2D eigenvalue weighted by atomic mass is 16.1. The molecule has 2 aromatic heterocycles. The van der Waals surface area contributed by atoms with E-state index in [1.165, 1.54) is 33.3 Å². The fourth-order valence-electron chi connectivity index (χ4n) is 4.56. The Morgan fingerprint density at radius 3 is 2.33 bits per heavy atom. The van der Waals surface area contributed by atoms with Gasteiger partial charge in [-0.3, -0.25) is 9.78 Å². The first-order chi connectivity index (χ1) is 12.9. The normalized spacial score (nSPS) is 15.8. The number of ketones is 1. The van der Waals surface area contributed by atoms with E-state index in [0.29, 0.717) is 17.6 Å². The van der Waals surface area contributed by atoms with Crippen LogP contribution >= 0.6 is 0 Å². The molecule has 140 valence electrons. The van der Waals surface area contributed by atoms with Gasteiger partial charge in [0.25, 0.3) is 0 Å². The SMILES string of the molecule is Cc1cc(-c2[nH]c3ccc(C4CCC(=O)CC4)cc3c2C(C)C)cc(C)n1. The van der Waals surface area contributed by atoms with E-state index in [1.54, 1.807) is 0 Å². The zero-order valence-corrected chi connectivity index (χ0v) is 16.7. The molecule has 1 aliphatic carbocycles. The maximum atomic E-state index is 11.6. The molecule has 3 aromatic rings. The number of hydrogen-bond donors (Lipinski definition) is 1. The van der Waals surface area contributed by atoms with E-state index in [9.17, 15) is 4.79 Å². The third-order valence-corrected chi connectivity index (χ3v) is 5.82. The van der Waals surface area contributed by atoms with Gasteiger partial charge >= 0.3 is 0 Å². The van der Waals surface area contributed by atoms with Crippen molar-refractivity contribution in [3.05, 3.63) is 52.8 Å². The quantitative estimate of drug-likeness (QED) is 0.604. The smallest absolute Gasteiger partial charge is 0.132 e. The Bertz CT molecular complexity index is 982. The van der Waals surface area contributed by atoms with Crippen LogP contribution in [0.25, 0.3) is 22.2 Å². The summed E-state index contributed by atoms with van der Waals surface area (Å²) < 4.78 is 0. The van der Waals surface area contributed by atoms with Gasteiger partial charge in [0.05, 0.1) is 5.69 Å². The molecule has 0 aliphatic heterocycles. The van der Waals surface area contributed by atoms with E-state index in [0.717, 1.165) is 37.1 Å². The minimum atomic E-state index is 0.419. The summed E-state index contributed by atoms with van der Waals surface area (Å²) in [5.74, 6) is 1.35. The molecular weight excluding hydrogens is 332 g/mol. The Morgan fingerprint density at radius 2 is 1.70 bits per heavy atom. The lowest BCUT2D eigenvalue weighted by atomic mass is 9.83. The van der Waals surface area contributed by atoms with Crippen molar-refractivity contribution in [1.29, 1.82) is 0 Å². The zero-order valence-electron chi connectivity index (χ0n) is 16.7. The first kappa shape index (κ1) is 18.0. The Morgan fingerprint density at radius 1 is 1.04 bits per heavy atom. The molecule has 3 heteroatoms. The van der Waals surface area contributed by atoms with E-state index in [4.69, 9.17) is 0 Å². The van der Waals surface area contributed by atoms with Crippen LogP contribution in [0.15, 0.2) is 30.3 Å². The fourth-order valence-corrected chi connectivity index (χ4v) is 4.56. The van der Waals surface area contributed by atoms with Gasteiger partial charge in [-0.15, -0.1) is 0 Å². The van der Waals surface area contributed by atoms with Gasteiger partial charge in [0, 0.05) is 40.7 Å². The van der Waals surface area contributed by atoms with Gasteiger partial charge in [-0.1, -0.05) is 19.9 Å². The predicted octanol–water partition coefficient (Wildman–Crippen LogP) is 6.20. The molecule has 4 rings (SSSR count). The average Bonchev–Trinajstić information content (AvgIpc) is 3.00. The number of carbonyl (C=O) groups is 1. The lowest BCUT2D eigenvalue weighted by Gasteiger charge is -2.21. The lowest BCUT2D eigenvalue weighted by Crippen LogP contribution is -2.12. The van der Waals surface area contributed by atoms with E-state index in [1.807, 2.05) is 0 Å². The molecule has 0 radical (unpaired) electrons. The van der Waals surface area contributed by atoms with Crippen LogP contribution < -0.4 is 0 Å². The Labute approximate surface area is 161 Å². The van der Waals surface area contributed by atoms with Crippen LogP contribution in [-0.4, -0.2) is 15.8 Å². The zero-order chi connectivity index (χ0) is 19.1. The van der Waals surface area contributed by atoms with Crippen molar-refractivity contribution >= 4 is 16.7 Å². The molecule has 1 fully saturated rings. The van der Waals surface area contributed by atoms with E-state index in [-0.39, 0.29) is 0 Å². The molecule has 1 saturated carbocycles. The number of aromatic amines is 1. The summed E-state index contributed by atoms with van der Waals surface area (Å²) in [6.45, 7) is 8.63. The number of hydrogen-bond acceptors (Lipinski definition) is 2. The van der Waals surface area contributed by atoms with Crippen LogP contribution in [0.3, 0.4) is 0 Å². The van der Waals surface area contributed by atoms with Gasteiger partial charge in [-0.25, -0.2) is 0 Å². The maximum Gasteiger partial charge on any atom is 0.132 e. The summed E-state index contributed by atoms with van der Waals surface area (Å²) in [6.07, 6.45) is 3.43. The molecule has 0 bridgehead atoms. The fraction of sp³-hybridized carbons (Fsp3) is 0.417. The van der Waals surface area contributed by atoms with Crippen LogP contribution in [0.2, 0.25) is 0 Å². The predicted molar refractivity (Wildman–Crippen MR) is 111 cm³/mol. The number of H-pyrrole nitrogens is 1. The summed E-state index contributed by atoms with van der Waals surface area (Å²) in [6, 6.07) is 11.2. The van der Waals surface area contributed by atoms with Crippen LogP contribution in [0, 0.1) is 13.8 Å². The highest BCUT2D eigenvalue weighted by Crippen LogP contribution is 2.39. The molecule has 0 unspecified atom stereocenters. The van der Waals surface area contributed by atoms with Gasteiger partial charge in [-0.05, 0) is 73.9 Å². The summed E-state index contributed by atoms with van der Waals surface area (Å²) in [5, 5.41) is 1.32. The molecule has 27 heavy (non-hydrogen) atoms. The Kier molecular flexibility index (Phi) is 4.63. The van der Waals surface area contributed by atoms with E-state index < -0.39 is 0 Å². The number of nitrogens with zero attached hydrogens (tertiary/aromatic N) is 1. The lowest BCUT2D eigenvalue weighted by molar-refractivity contribution is -0.120. The number of Topliss-reactive ketones (excluding diaryl/α,β-unsaturated/α-hetero) is 1. The average molecular weight is 361 g/mol. The second-order valence-corrected chi connectivity index (χ2v) is 8.32. The van der Waals surface area contributed by atoms with Gasteiger partial charge in [0.2, 0.25) is 0 Å². The highest BCUT2D eigenvalue weighted by molar-refractivity contribution is 5.92. The minimum Gasteiger partial charge on any atom is -0.354 e. The van der Waals surface area contributed by atoms with Crippen LogP contribution in [-0.2, 0) is 4.79 Å². The molecule has 2 heterocycles. The molecule has 0 saturated heterocycles. The van der Waals surface area contributed by atoms with Crippen molar-refractivity contribution in [3.8, 4) is 11.3 Å². The largest absolute Gasteiger partial charge is 0.354 e. The Balaban J connectivity index is 1.84. The van der Waals surface area contributed by atoms with Crippen molar-refractivity contribution in [3.63, 3.8) is 0 Å². The maximum absolute atomic E-state index is 11.6. The van der Waals surface area contributed by atoms with Crippen LogP contribution in [0.5, 0.6) is 0 Å². The number of benzene rings is 1. The van der Waals surface area contributed by atoms with Gasteiger partial charge in [0.1, 0.15) is 5.78 Å². The number of fused-ring (bicyclic) bond motifs is 1. The van der Waals surface area contributed by atoms with Gasteiger partial charge in [-0.2, -0.15) is 0 Å². The number of aryl methyl sites for hydroxylation is 2. The standard InChI is InChI=1S/C24H28N2O/c1-14(2)23-21-13-18(17-5-8-20(27)9-6-17)7-10-22(21)26-24(23)19-11-15(3)25-16(4)12-19/h7,10-14,17,26H,5-6,8-9H2,1-4H3. The molecular formula is C24H28N2O. The number of rotatable bonds is 3. The second kappa shape index (κ2) is 6.95. The first-order valence-corrected chi connectivity index (χ1v) is 10.0. The van der Waals surface area contributed by atoms with Crippen molar-refractivity contribution < 1.29 is 4.79 Å². The van der Waals surface area contributed by atoms with Crippen molar-refractivity contribution in [2.45, 2.75) is 65.2 Å². The van der Waals surface area contributed by atoms with Crippen molar-refractivity contribution in [2.24, 2.45) is 0 Å². The number of nitrogens with one attached hydrogen (secondary N) is 1. The molecule has 0 atom stereocenters. The van der Waals surface area contributed by atoms with Gasteiger partial charge < -0.3 is 4.98 Å².